The van der Waals surface area contributed by atoms with Crippen LogP contribution in [0.15, 0.2) is 27.8 Å². The van der Waals surface area contributed by atoms with Crippen molar-refractivity contribution in [3.63, 3.8) is 0 Å². The van der Waals surface area contributed by atoms with Crippen molar-refractivity contribution in [1.29, 1.82) is 0 Å². The van der Waals surface area contributed by atoms with Crippen molar-refractivity contribution >= 4 is 5.91 Å². The molecule has 3 N–H and O–H groups in total. The largest absolute Gasteiger partial charge is 0.346 e. The smallest absolute Gasteiger partial charge is 0.264 e. The van der Waals surface area contributed by atoms with Crippen LogP contribution in [-0.4, -0.2) is 21.1 Å². The van der Waals surface area contributed by atoms with Crippen molar-refractivity contribution < 1.29 is 4.79 Å². The van der Waals surface area contributed by atoms with Gasteiger partial charge in [0, 0.05) is 11.8 Å². The zero-order chi connectivity index (χ0) is 15.4. The minimum atomic E-state index is -0.477. The first-order valence-corrected chi connectivity index (χ1v) is 6.57. The number of nitrogens with zero attached hydrogens (tertiary/aromatic N) is 1. The Kier molecular flexibility index (Phi) is 4.32. The summed E-state index contributed by atoms with van der Waals surface area (Å²) in [6, 6.07) is 4.41. The van der Waals surface area contributed by atoms with E-state index in [-0.39, 0.29) is 17.7 Å². The van der Waals surface area contributed by atoms with E-state index in [2.05, 4.69) is 20.5 Å². The van der Waals surface area contributed by atoms with E-state index < -0.39 is 11.5 Å². The third-order valence-corrected chi connectivity index (χ3v) is 3.11. The van der Waals surface area contributed by atoms with Gasteiger partial charge >= 0.3 is 0 Å². The van der Waals surface area contributed by atoms with E-state index in [0.29, 0.717) is 12.1 Å². The zero-order valence-corrected chi connectivity index (χ0v) is 11.8. The molecule has 2 rings (SSSR count). The summed E-state index contributed by atoms with van der Waals surface area (Å²) in [7, 11) is 0. The fraction of sp³-hybridized carbons (Fsp3) is 0.286. The molecule has 0 unspecified atom stereocenters. The molecule has 7 nitrogen and oxygen atoms in total. The van der Waals surface area contributed by atoms with Gasteiger partial charge in [0.25, 0.3) is 17.0 Å². The van der Waals surface area contributed by atoms with Gasteiger partial charge in [-0.1, -0.05) is 6.92 Å². The van der Waals surface area contributed by atoms with E-state index >= 15 is 0 Å². The molecule has 0 saturated heterocycles. The monoisotopic (exact) mass is 288 g/mol. The molecule has 21 heavy (non-hydrogen) atoms. The molecule has 0 fully saturated rings. The summed E-state index contributed by atoms with van der Waals surface area (Å²) in [6.07, 6.45) is 0.699. The lowest BCUT2D eigenvalue weighted by Gasteiger charge is -2.07. The van der Waals surface area contributed by atoms with Crippen LogP contribution < -0.4 is 16.4 Å². The Balaban J connectivity index is 2.13. The Bertz CT molecular complexity index is 756. The van der Waals surface area contributed by atoms with E-state index in [1.165, 1.54) is 12.1 Å². The lowest BCUT2D eigenvalue weighted by molar-refractivity contribution is 0.0948. The molecule has 0 bridgehead atoms. The fourth-order valence-electron chi connectivity index (χ4n) is 1.95. The van der Waals surface area contributed by atoms with Gasteiger partial charge in [-0.3, -0.25) is 14.4 Å². The molecule has 0 spiro atoms. The Morgan fingerprint density at radius 1 is 1.33 bits per heavy atom. The van der Waals surface area contributed by atoms with Crippen molar-refractivity contribution in [2.75, 3.05) is 0 Å². The topological polar surface area (TPSA) is 108 Å². The normalized spacial score (nSPS) is 10.4. The molecule has 0 aliphatic carbocycles. The van der Waals surface area contributed by atoms with Crippen molar-refractivity contribution in [3.05, 3.63) is 61.4 Å². The average Bonchev–Trinajstić information content (AvgIpc) is 2.48. The van der Waals surface area contributed by atoms with E-state index in [4.69, 9.17) is 0 Å². The Labute approximate surface area is 120 Å². The lowest BCUT2D eigenvalue weighted by atomic mass is 10.1. The van der Waals surface area contributed by atoms with E-state index in [9.17, 15) is 14.4 Å². The maximum Gasteiger partial charge on any atom is 0.264 e. The lowest BCUT2D eigenvalue weighted by Crippen LogP contribution is -2.30. The van der Waals surface area contributed by atoms with Gasteiger partial charge in [-0.05, 0) is 31.0 Å². The standard InChI is InChI=1S/C14H16N4O3/c1-3-11-8(2)6-10(14(21)16-11)13(20)15-7-9-4-5-12(19)18-17-9/h4-6H,3,7H2,1-2H3,(H,15,20)(H,16,21)(H,18,19). The summed E-state index contributed by atoms with van der Waals surface area (Å²) >= 11 is 0. The van der Waals surface area contributed by atoms with Crippen LogP contribution in [-0.2, 0) is 13.0 Å². The van der Waals surface area contributed by atoms with Gasteiger partial charge in [0.2, 0.25) is 0 Å². The molecular weight excluding hydrogens is 272 g/mol. The van der Waals surface area contributed by atoms with Gasteiger partial charge in [0.1, 0.15) is 5.56 Å². The Morgan fingerprint density at radius 3 is 2.71 bits per heavy atom. The first-order chi connectivity index (χ1) is 10.0. The van der Waals surface area contributed by atoms with E-state index in [1.807, 2.05) is 13.8 Å². The number of aromatic nitrogens is 3. The third-order valence-electron chi connectivity index (χ3n) is 3.11. The second-order valence-corrected chi connectivity index (χ2v) is 4.62. The van der Waals surface area contributed by atoms with Crippen LogP contribution in [0.1, 0.15) is 34.2 Å². The SMILES string of the molecule is CCc1[nH]c(=O)c(C(=O)NCc2ccc(=O)[nH]n2)cc1C. The minimum Gasteiger partial charge on any atom is -0.346 e. The number of hydrogen-bond donors (Lipinski definition) is 3. The Hall–Kier alpha value is -2.70. The molecule has 2 heterocycles. The predicted molar refractivity (Wildman–Crippen MR) is 77.2 cm³/mol. The van der Waals surface area contributed by atoms with Gasteiger partial charge < -0.3 is 10.3 Å². The average molecular weight is 288 g/mol. The van der Waals surface area contributed by atoms with Crippen molar-refractivity contribution in [1.82, 2.24) is 20.5 Å². The summed E-state index contributed by atoms with van der Waals surface area (Å²) in [5, 5.41) is 8.64. The summed E-state index contributed by atoms with van der Waals surface area (Å²) in [5.41, 5.74) is 1.52. The second kappa shape index (κ2) is 6.17. The van der Waals surface area contributed by atoms with Crippen LogP contribution in [0.4, 0.5) is 0 Å². The first-order valence-electron chi connectivity index (χ1n) is 6.57. The van der Waals surface area contributed by atoms with Crippen LogP contribution in [0.3, 0.4) is 0 Å². The molecular formula is C14H16N4O3. The third kappa shape index (κ3) is 3.44. The fourth-order valence-corrected chi connectivity index (χ4v) is 1.95. The summed E-state index contributed by atoms with van der Waals surface area (Å²) in [5.74, 6) is -0.477. The number of aryl methyl sites for hydroxylation is 2. The highest BCUT2D eigenvalue weighted by molar-refractivity contribution is 5.93. The Morgan fingerprint density at radius 2 is 2.10 bits per heavy atom. The maximum absolute atomic E-state index is 12.0. The molecule has 0 atom stereocenters. The molecule has 2 aromatic heterocycles. The molecule has 110 valence electrons. The summed E-state index contributed by atoms with van der Waals surface area (Å²) in [4.78, 5) is 37.5. The number of aromatic amines is 2. The minimum absolute atomic E-state index is 0.0640. The van der Waals surface area contributed by atoms with Gasteiger partial charge in [0.05, 0.1) is 12.2 Å². The molecule has 0 radical (unpaired) electrons. The van der Waals surface area contributed by atoms with E-state index in [1.54, 1.807) is 6.07 Å². The highest BCUT2D eigenvalue weighted by Gasteiger charge is 2.12. The number of H-pyrrole nitrogens is 2. The zero-order valence-electron chi connectivity index (χ0n) is 11.8. The maximum atomic E-state index is 12.0. The van der Waals surface area contributed by atoms with Gasteiger partial charge in [-0.15, -0.1) is 0 Å². The number of rotatable bonds is 4. The molecule has 0 aliphatic heterocycles. The molecule has 0 aliphatic rings. The first kappa shape index (κ1) is 14.7. The van der Waals surface area contributed by atoms with Gasteiger partial charge in [-0.25, -0.2) is 5.10 Å². The number of pyridine rings is 1. The van der Waals surface area contributed by atoms with Gasteiger partial charge in [0.15, 0.2) is 0 Å². The number of hydrogen-bond acceptors (Lipinski definition) is 4. The van der Waals surface area contributed by atoms with Crippen LogP contribution in [0.5, 0.6) is 0 Å². The molecule has 0 saturated carbocycles. The number of carbonyl (C=O) groups excluding carboxylic acids is 1. The number of amides is 1. The highest BCUT2D eigenvalue weighted by Crippen LogP contribution is 2.05. The number of nitrogens with one attached hydrogen (secondary N) is 3. The summed E-state index contributed by atoms with van der Waals surface area (Å²) < 4.78 is 0. The number of carbonyl (C=O) groups is 1. The molecule has 2 aromatic rings. The van der Waals surface area contributed by atoms with E-state index in [0.717, 1.165) is 11.3 Å². The summed E-state index contributed by atoms with van der Waals surface area (Å²) in [6.45, 7) is 3.90. The van der Waals surface area contributed by atoms with Crippen LogP contribution >= 0.6 is 0 Å². The van der Waals surface area contributed by atoms with Crippen molar-refractivity contribution in [3.8, 4) is 0 Å². The van der Waals surface area contributed by atoms with Crippen LogP contribution in [0.25, 0.3) is 0 Å². The molecule has 0 aromatic carbocycles. The highest BCUT2D eigenvalue weighted by atomic mass is 16.2. The van der Waals surface area contributed by atoms with Gasteiger partial charge in [-0.2, -0.15) is 5.10 Å². The van der Waals surface area contributed by atoms with Crippen molar-refractivity contribution in [2.24, 2.45) is 0 Å². The predicted octanol–water partition coefficient (Wildman–Crippen LogP) is 0.259. The molecule has 1 amide bonds. The second-order valence-electron chi connectivity index (χ2n) is 4.62. The molecule has 7 heteroatoms. The van der Waals surface area contributed by atoms with Crippen LogP contribution in [0, 0.1) is 6.92 Å². The quantitative estimate of drug-likeness (QED) is 0.750. The van der Waals surface area contributed by atoms with Crippen LogP contribution in [0.2, 0.25) is 0 Å². The van der Waals surface area contributed by atoms with Crippen molar-refractivity contribution in [2.45, 2.75) is 26.8 Å².